The zero-order valence-corrected chi connectivity index (χ0v) is 15.3. The standard InChI is InChI=1S/C17H24N2O9/c1-2-7-18-13(21)9-26-16-14(22)12(8-20)28-17(15(16)23)27-11-5-3-10(4-6-11)19(24)25/h3-6,12,14-17,20,22-23H,2,7-9H2,1H3,(H,18,21)/t12-,14+,15-,16+,17+/m1/s1. The lowest BCUT2D eigenvalue weighted by Gasteiger charge is -2.41. The molecular formula is C17H24N2O9. The minimum absolute atomic E-state index is 0.139. The van der Waals surface area contributed by atoms with E-state index in [0.717, 1.165) is 6.42 Å². The molecule has 5 atom stereocenters. The van der Waals surface area contributed by atoms with Crippen molar-refractivity contribution in [3.05, 3.63) is 34.4 Å². The first-order valence-corrected chi connectivity index (χ1v) is 8.79. The second kappa shape index (κ2) is 10.3. The molecule has 0 aromatic heterocycles. The van der Waals surface area contributed by atoms with Crippen molar-refractivity contribution in [2.45, 2.75) is 44.1 Å². The van der Waals surface area contributed by atoms with Gasteiger partial charge in [-0.25, -0.2) is 0 Å². The van der Waals surface area contributed by atoms with Gasteiger partial charge >= 0.3 is 0 Å². The third-order valence-electron chi connectivity index (χ3n) is 4.10. The molecule has 1 aromatic rings. The highest BCUT2D eigenvalue weighted by atomic mass is 16.7. The Balaban J connectivity index is 2.05. The van der Waals surface area contributed by atoms with Crippen LogP contribution in [0.4, 0.5) is 5.69 Å². The molecule has 1 aromatic carbocycles. The van der Waals surface area contributed by atoms with Crippen LogP contribution in [-0.4, -0.2) is 76.6 Å². The molecule has 1 amide bonds. The number of non-ortho nitro benzene ring substituents is 1. The maximum absolute atomic E-state index is 11.7. The second-order valence-corrected chi connectivity index (χ2v) is 6.20. The molecule has 11 nitrogen and oxygen atoms in total. The molecule has 1 saturated heterocycles. The highest BCUT2D eigenvalue weighted by molar-refractivity contribution is 5.77. The van der Waals surface area contributed by atoms with Gasteiger partial charge in [0.05, 0.1) is 11.5 Å². The van der Waals surface area contributed by atoms with Gasteiger partial charge < -0.3 is 34.8 Å². The summed E-state index contributed by atoms with van der Waals surface area (Å²) in [5.74, 6) is -0.247. The summed E-state index contributed by atoms with van der Waals surface area (Å²) in [6.07, 6.45) is -5.82. The van der Waals surface area contributed by atoms with Crippen molar-refractivity contribution in [2.75, 3.05) is 19.8 Å². The predicted octanol–water partition coefficient (Wildman–Crippen LogP) is -0.676. The van der Waals surface area contributed by atoms with E-state index in [1.165, 1.54) is 24.3 Å². The number of hydrogen-bond donors (Lipinski definition) is 4. The number of carbonyl (C=O) groups excluding carboxylic acids is 1. The monoisotopic (exact) mass is 400 g/mol. The van der Waals surface area contributed by atoms with Gasteiger partial charge in [-0.1, -0.05) is 6.92 Å². The van der Waals surface area contributed by atoms with Crippen LogP contribution >= 0.6 is 0 Å². The molecule has 1 heterocycles. The summed E-state index contributed by atoms with van der Waals surface area (Å²) in [5, 5.41) is 43.4. The lowest BCUT2D eigenvalue weighted by molar-refractivity contribution is -0.384. The van der Waals surface area contributed by atoms with E-state index in [0.29, 0.717) is 6.54 Å². The van der Waals surface area contributed by atoms with Crippen LogP contribution in [-0.2, 0) is 14.3 Å². The summed E-state index contributed by atoms with van der Waals surface area (Å²) in [6, 6.07) is 5.08. The number of aliphatic hydroxyl groups is 3. The van der Waals surface area contributed by atoms with E-state index in [-0.39, 0.29) is 11.4 Å². The maximum Gasteiger partial charge on any atom is 0.269 e. The van der Waals surface area contributed by atoms with E-state index in [4.69, 9.17) is 14.2 Å². The van der Waals surface area contributed by atoms with Gasteiger partial charge in [-0.3, -0.25) is 14.9 Å². The van der Waals surface area contributed by atoms with Crippen molar-refractivity contribution < 1.29 is 39.2 Å². The number of benzene rings is 1. The molecule has 0 spiro atoms. The van der Waals surface area contributed by atoms with E-state index in [9.17, 15) is 30.2 Å². The molecule has 4 N–H and O–H groups in total. The molecular weight excluding hydrogens is 376 g/mol. The lowest BCUT2D eigenvalue weighted by Crippen LogP contribution is -2.61. The Morgan fingerprint density at radius 2 is 1.96 bits per heavy atom. The quantitative estimate of drug-likeness (QED) is 0.311. The number of aliphatic hydroxyl groups excluding tert-OH is 3. The summed E-state index contributed by atoms with van der Waals surface area (Å²) in [4.78, 5) is 21.8. The maximum atomic E-state index is 11.7. The van der Waals surface area contributed by atoms with Crippen LogP contribution in [0.3, 0.4) is 0 Å². The molecule has 11 heteroatoms. The number of amides is 1. The van der Waals surface area contributed by atoms with Gasteiger partial charge in [0.2, 0.25) is 12.2 Å². The smallest absolute Gasteiger partial charge is 0.269 e. The number of hydrogen-bond acceptors (Lipinski definition) is 9. The summed E-state index contributed by atoms with van der Waals surface area (Å²) >= 11 is 0. The first kappa shape index (κ1) is 22.0. The molecule has 0 bridgehead atoms. The minimum atomic E-state index is -1.48. The average Bonchev–Trinajstić information content (AvgIpc) is 2.68. The highest BCUT2D eigenvalue weighted by Crippen LogP contribution is 2.27. The van der Waals surface area contributed by atoms with E-state index < -0.39 is 54.8 Å². The van der Waals surface area contributed by atoms with Crippen LogP contribution in [0.15, 0.2) is 24.3 Å². The van der Waals surface area contributed by atoms with Crippen LogP contribution < -0.4 is 10.1 Å². The summed E-state index contributed by atoms with van der Waals surface area (Å²) in [6.45, 7) is 1.38. The fourth-order valence-corrected chi connectivity index (χ4v) is 2.62. The molecule has 156 valence electrons. The average molecular weight is 400 g/mol. The van der Waals surface area contributed by atoms with Gasteiger partial charge in [0, 0.05) is 18.7 Å². The topological polar surface area (TPSA) is 161 Å². The fourth-order valence-electron chi connectivity index (χ4n) is 2.62. The zero-order chi connectivity index (χ0) is 20.7. The van der Waals surface area contributed by atoms with Crippen molar-refractivity contribution in [2.24, 2.45) is 0 Å². The SMILES string of the molecule is CCCNC(=O)CO[C@H]1[C@@H](O)[C@@H](CO)O[C@H](Oc2ccc([N+](=O)[O-])cc2)[C@@H]1O. The molecule has 0 unspecified atom stereocenters. The van der Waals surface area contributed by atoms with Gasteiger partial charge in [-0.2, -0.15) is 0 Å². The fraction of sp³-hybridized carbons (Fsp3) is 0.588. The van der Waals surface area contributed by atoms with Crippen LogP contribution in [0.5, 0.6) is 5.75 Å². The number of rotatable bonds is 9. The number of nitrogens with zero attached hydrogens (tertiary/aromatic N) is 1. The number of nitro groups is 1. The molecule has 1 aliphatic heterocycles. The van der Waals surface area contributed by atoms with Crippen molar-refractivity contribution in [1.29, 1.82) is 0 Å². The lowest BCUT2D eigenvalue weighted by atomic mass is 9.99. The molecule has 28 heavy (non-hydrogen) atoms. The predicted molar refractivity (Wildman–Crippen MR) is 94.5 cm³/mol. The minimum Gasteiger partial charge on any atom is -0.462 e. The Morgan fingerprint density at radius 3 is 2.54 bits per heavy atom. The number of nitro benzene ring substituents is 1. The second-order valence-electron chi connectivity index (χ2n) is 6.20. The van der Waals surface area contributed by atoms with Crippen molar-refractivity contribution in [1.82, 2.24) is 5.32 Å². The Hall–Kier alpha value is -2.31. The third kappa shape index (κ3) is 5.59. The molecule has 1 aliphatic rings. The van der Waals surface area contributed by atoms with Gasteiger partial charge in [-0.15, -0.1) is 0 Å². The van der Waals surface area contributed by atoms with E-state index >= 15 is 0 Å². The number of carbonyl (C=O) groups is 1. The van der Waals surface area contributed by atoms with Crippen LogP contribution in [0, 0.1) is 10.1 Å². The Labute approximate surface area is 161 Å². The Kier molecular flexibility index (Phi) is 8.08. The first-order chi connectivity index (χ1) is 13.4. The Bertz CT molecular complexity index is 655. The Morgan fingerprint density at radius 1 is 1.29 bits per heavy atom. The van der Waals surface area contributed by atoms with Gasteiger partial charge in [-0.05, 0) is 18.6 Å². The summed E-state index contributed by atoms with van der Waals surface area (Å²) < 4.78 is 16.2. The largest absolute Gasteiger partial charge is 0.462 e. The zero-order valence-electron chi connectivity index (χ0n) is 15.3. The molecule has 0 aliphatic carbocycles. The number of ether oxygens (including phenoxy) is 3. The van der Waals surface area contributed by atoms with Crippen molar-refractivity contribution in [3.63, 3.8) is 0 Å². The van der Waals surface area contributed by atoms with E-state index in [2.05, 4.69) is 5.32 Å². The molecule has 0 radical (unpaired) electrons. The van der Waals surface area contributed by atoms with E-state index in [1.807, 2.05) is 6.92 Å². The first-order valence-electron chi connectivity index (χ1n) is 8.79. The molecule has 2 rings (SSSR count). The molecule has 0 saturated carbocycles. The molecule has 1 fully saturated rings. The normalized spacial score (nSPS) is 27.2. The van der Waals surface area contributed by atoms with Crippen LogP contribution in [0.2, 0.25) is 0 Å². The van der Waals surface area contributed by atoms with Crippen LogP contribution in [0.1, 0.15) is 13.3 Å². The van der Waals surface area contributed by atoms with Gasteiger partial charge in [0.15, 0.2) is 0 Å². The van der Waals surface area contributed by atoms with Crippen LogP contribution in [0.25, 0.3) is 0 Å². The van der Waals surface area contributed by atoms with E-state index in [1.54, 1.807) is 0 Å². The number of nitrogens with one attached hydrogen (secondary N) is 1. The van der Waals surface area contributed by atoms with Crippen molar-refractivity contribution in [3.8, 4) is 5.75 Å². The van der Waals surface area contributed by atoms with Crippen molar-refractivity contribution >= 4 is 11.6 Å². The van der Waals surface area contributed by atoms with Gasteiger partial charge in [0.1, 0.15) is 36.8 Å². The summed E-state index contributed by atoms with van der Waals surface area (Å²) in [5.41, 5.74) is -0.139. The summed E-state index contributed by atoms with van der Waals surface area (Å²) in [7, 11) is 0. The third-order valence-corrected chi connectivity index (χ3v) is 4.10. The van der Waals surface area contributed by atoms with Gasteiger partial charge in [0.25, 0.3) is 5.69 Å². The highest BCUT2D eigenvalue weighted by Gasteiger charge is 2.46.